The molecule has 0 spiro atoms. The Bertz CT molecular complexity index is 138. The highest BCUT2D eigenvalue weighted by Crippen LogP contribution is 2.24. The normalized spacial score (nSPS) is 15.0. The van der Waals surface area contributed by atoms with Crippen LogP contribution in [0.2, 0.25) is 0 Å². The molecule has 0 amide bonds. The Morgan fingerprint density at radius 2 is 1.73 bits per heavy atom. The second-order valence-corrected chi connectivity index (χ2v) is 8.62. The Labute approximate surface area is 104 Å². The van der Waals surface area contributed by atoms with Crippen LogP contribution >= 0.6 is 21.6 Å². The van der Waals surface area contributed by atoms with Crippen molar-refractivity contribution in [2.45, 2.75) is 46.0 Å². The predicted octanol–water partition coefficient (Wildman–Crippen LogP) is 3.96. The van der Waals surface area contributed by atoms with E-state index in [4.69, 9.17) is 0 Å². The summed E-state index contributed by atoms with van der Waals surface area (Å²) in [6.07, 6.45) is 9.18. The zero-order valence-electron chi connectivity index (χ0n) is 10.9. The first-order chi connectivity index (χ1) is 7.02. The maximum atomic E-state index is 4.46. The maximum absolute atomic E-state index is 4.46. The van der Waals surface area contributed by atoms with Crippen molar-refractivity contribution < 1.29 is 0 Å². The Morgan fingerprint density at radius 3 is 2.27 bits per heavy atom. The van der Waals surface area contributed by atoms with Gasteiger partial charge < -0.3 is 0 Å². The third-order valence-electron chi connectivity index (χ3n) is 2.52. The van der Waals surface area contributed by atoms with Crippen LogP contribution in [0, 0.1) is 5.92 Å². The van der Waals surface area contributed by atoms with Crippen LogP contribution in [-0.4, -0.2) is 30.6 Å². The van der Waals surface area contributed by atoms with Crippen molar-refractivity contribution in [2.75, 3.05) is 25.7 Å². The third kappa shape index (κ3) is 12.6. The topological polar surface area (TPSA) is 3.24 Å². The lowest BCUT2D eigenvalue weighted by molar-refractivity contribution is 0.374. The Kier molecular flexibility index (Phi) is 10.3. The summed E-state index contributed by atoms with van der Waals surface area (Å²) in [6.45, 7) is 5.86. The summed E-state index contributed by atoms with van der Waals surface area (Å²) >= 11 is 4.46. The van der Waals surface area contributed by atoms with Crippen molar-refractivity contribution in [1.82, 2.24) is 4.90 Å². The zero-order chi connectivity index (χ0) is 11.7. The van der Waals surface area contributed by atoms with E-state index >= 15 is 0 Å². The highest BCUT2D eigenvalue weighted by molar-refractivity contribution is 8.77. The molecule has 0 radical (unpaired) electrons. The zero-order valence-corrected chi connectivity index (χ0v) is 12.7. The van der Waals surface area contributed by atoms with E-state index in [2.05, 4.69) is 43.7 Å². The molecular weight excluding hydrogens is 222 g/mol. The van der Waals surface area contributed by atoms with Crippen LogP contribution in [0.4, 0.5) is 0 Å². The molecule has 0 saturated heterocycles. The second kappa shape index (κ2) is 9.86. The minimum absolute atomic E-state index is 0.0557. The van der Waals surface area contributed by atoms with E-state index in [-0.39, 0.29) is 9.93 Å². The van der Waals surface area contributed by atoms with Crippen LogP contribution in [-0.2, 0) is 0 Å². The van der Waals surface area contributed by atoms with Crippen LogP contribution in [0.5, 0.6) is 0 Å². The van der Waals surface area contributed by atoms with E-state index in [0.717, 1.165) is 5.92 Å². The Morgan fingerprint density at radius 1 is 1.13 bits per heavy atom. The van der Waals surface area contributed by atoms with Crippen molar-refractivity contribution in [1.29, 1.82) is 0 Å². The lowest BCUT2D eigenvalue weighted by Crippen LogP contribution is -2.19. The van der Waals surface area contributed by atoms with Gasteiger partial charge in [0.05, 0.1) is 0 Å². The fraction of sp³-hybridized carbons (Fsp3) is 1.00. The second-order valence-electron chi connectivity index (χ2n) is 4.98. The summed E-state index contributed by atoms with van der Waals surface area (Å²) in [5.41, 5.74) is 0. The molecule has 1 atom stereocenters. The summed E-state index contributed by atoms with van der Waals surface area (Å²) in [4.78, 5) is 2.42. The van der Waals surface area contributed by atoms with E-state index in [1.807, 2.05) is 0 Å². The van der Waals surface area contributed by atoms with Gasteiger partial charge >= 0.3 is 0 Å². The van der Waals surface area contributed by atoms with E-state index < -0.39 is 0 Å². The van der Waals surface area contributed by atoms with Gasteiger partial charge in [0.15, 0.2) is 0 Å². The van der Waals surface area contributed by atoms with Crippen molar-refractivity contribution in [2.24, 2.45) is 5.92 Å². The summed E-state index contributed by atoms with van der Waals surface area (Å²) in [6, 6.07) is 0. The van der Waals surface area contributed by atoms with Crippen molar-refractivity contribution in [3.8, 4) is 0 Å². The largest absolute Gasteiger partial charge is 0.298 e. The highest BCUT2D eigenvalue weighted by atomic mass is 33.1. The van der Waals surface area contributed by atoms with Gasteiger partial charge in [0.25, 0.3) is 0 Å². The lowest BCUT2D eigenvalue weighted by Gasteiger charge is -2.20. The smallest absolute Gasteiger partial charge is 0.0339 e. The first-order valence-corrected chi connectivity index (χ1v) is 9.23. The van der Waals surface area contributed by atoms with E-state index in [1.165, 1.54) is 44.5 Å². The molecule has 0 heterocycles. The minimum Gasteiger partial charge on any atom is -0.298 e. The molecule has 0 saturated carbocycles. The van der Waals surface area contributed by atoms with Gasteiger partial charge in [0, 0.05) is 5.88 Å². The number of unbranched alkanes of at least 4 members (excludes halogenated alkanes) is 3. The van der Waals surface area contributed by atoms with Crippen molar-refractivity contribution >= 4 is 21.6 Å². The predicted molar refractivity (Wildman–Crippen MR) is 79.3 cm³/mol. The van der Waals surface area contributed by atoms with Crippen LogP contribution in [0.1, 0.15) is 46.0 Å². The van der Waals surface area contributed by atoms with E-state index in [0.29, 0.717) is 0 Å². The first kappa shape index (κ1) is 15.7. The minimum atomic E-state index is -0.0557. The number of nitrogens with zero attached hydrogens (tertiary/aromatic N) is 1. The van der Waals surface area contributed by atoms with Crippen LogP contribution in [0.25, 0.3) is 0 Å². The molecule has 0 aliphatic rings. The van der Waals surface area contributed by atoms with Gasteiger partial charge in [-0.3, -0.25) is 4.90 Å². The molecule has 0 bridgehead atoms. The molecule has 0 aromatic rings. The standard InChI is InChI=1S/C12H29NS2/c1-12(2)9-7-5-6-8-10-13(3)11-15(4)14/h12,14-15H,5-11H2,1-4H3. The van der Waals surface area contributed by atoms with Gasteiger partial charge in [-0.15, -0.1) is 11.7 Å². The van der Waals surface area contributed by atoms with Gasteiger partial charge in [-0.1, -0.05) is 39.5 Å². The van der Waals surface area contributed by atoms with Crippen LogP contribution in [0.15, 0.2) is 0 Å². The quantitative estimate of drug-likeness (QED) is 0.356. The molecule has 3 heteroatoms. The molecule has 1 unspecified atom stereocenters. The summed E-state index contributed by atoms with van der Waals surface area (Å²) in [5.74, 6) is 2.05. The fourth-order valence-electron chi connectivity index (χ4n) is 1.71. The van der Waals surface area contributed by atoms with Crippen molar-refractivity contribution in [3.63, 3.8) is 0 Å². The summed E-state index contributed by atoms with van der Waals surface area (Å²) < 4.78 is 0. The Hall–Kier alpha value is 0.660. The molecule has 1 nitrogen and oxygen atoms in total. The molecule has 0 N–H and O–H groups in total. The number of hydrogen-bond donors (Lipinski definition) is 2. The average Bonchev–Trinajstić information content (AvgIpc) is 2.09. The van der Waals surface area contributed by atoms with Gasteiger partial charge in [-0.25, -0.2) is 0 Å². The first-order valence-electron chi connectivity index (χ1n) is 6.11. The number of thiol groups is 2. The van der Waals surface area contributed by atoms with E-state index in [9.17, 15) is 0 Å². The van der Waals surface area contributed by atoms with Gasteiger partial charge in [-0.2, -0.15) is 9.93 Å². The number of hydrogen-bond acceptors (Lipinski definition) is 2. The Balaban J connectivity index is 3.16. The van der Waals surface area contributed by atoms with Gasteiger partial charge in [-0.05, 0) is 32.2 Å². The average molecular weight is 252 g/mol. The van der Waals surface area contributed by atoms with E-state index in [1.54, 1.807) is 0 Å². The molecule has 94 valence electrons. The molecule has 0 aliphatic heterocycles. The molecule has 0 fully saturated rings. The maximum Gasteiger partial charge on any atom is 0.0339 e. The summed E-state index contributed by atoms with van der Waals surface area (Å²) in [5, 5.41) is 0. The third-order valence-corrected chi connectivity index (χ3v) is 3.79. The van der Waals surface area contributed by atoms with Gasteiger partial charge in [0.2, 0.25) is 0 Å². The van der Waals surface area contributed by atoms with Crippen LogP contribution in [0.3, 0.4) is 0 Å². The molecular formula is C12H29NS2. The SMILES string of the molecule is CC(C)CCCCCCN(C)C[SH](C)S. The molecule has 15 heavy (non-hydrogen) atoms. The molecule has 0 rings (SSSR count). The van der Waals surface area contributed by atoms with Crippen LogP contribution < -0.4 is 0 Å². The molecule has 0 aromatic carbocycles. The van der Waals surface area contributed by atoms with Gasteiger partial charge in [0.1, 0.15) is 0 Å². The molecule has 0 aliphatic carbocycles. The fourth-order valence-corrected chi connectivity index (χ4v) is 3.20. The number of rotatable bonds is 9. The molecule has 0 aromatic heterocycles. The van der Waals surface area contributed by atoms with Crippen molar-refractivity contribution in [3.05, 3.63) is 0 Å². The monoisotopic (exact) mass is 251 g/mol. The summed E-state index contributed by atoms with van der Waals surface area (Å²) in [7, 11) is 2.16. The highest BCUT2D eigenvalue weighted by Gasteiger charge is 1.99. The lowest BCUT2D eigenvalue weighted by atomic mass is 10.0.